The van der Waals surface area contributed by atoms with Gasteiger partial charge in [0.2, 0.25) is 0 Å². The van der Waals surface area contributed by atoms with Crippen molar-refractivity contribution in [1.82, 2.24) is 0 Å². The molecule has 2 atom stereocenters. The summed E-state index contributed by atoms with van der Waals surface area (Å²) in [5, 5.41) is 0. The van der Waals surface area contributed by atoms with E-state index in [2.05, 4.69) is 14.2 Å². The van der Waals surface area contributed by atoms with Crippen LogP contribution in [0.15, 0.2) is 0 Å². The van der Waals surface area contributed by atoms with E-state index in [4.69, 9.17) is 0 Å². The average molecular weight is 240 g/mol. The largest absolute Gasteiger partial charge is 0.525 e. The molecule has 0 aromatic heterocycles. The van der Waals surface area contributed by atoms with Crippen molar-refractivity contribution in [3.63, 3.8) is 0 Å². The molecular weight excluding hydrogens is 234 g/mol. The molecular formula is C6H6F6O3. The Hall–Kier alpha value is -0.540. The van der Waals surface area contributed by atoms with E-state index < -0.39 is 31.5 Å². The number of ether oxygens (including phenoxy) is 3. The van der Waals surface area contributed by atoms with Crippen molar-refractivity contribution in [3.8, 4) is 0 Å². The van der Waals surface area contributed by atoms with Crippen LogP contribution in [0, 0.1) is 0 Å². The second-order valence-electron chi connectivity index (χ2n) is 2.71. The number of hydrogen-bond donors (Lipinski definition) is 0. The third-order valence-electron chi connectivity index (χ3n) is 1.37. The molecule has 90 valence electrons. The van der Waals surface area contributed by atoms with Gasteiger partial charge in [-0.2, -0.15) is 8.78 Å². The lowest BCUT2D eigenvalue weighted by atomic mass is 10.5. The fourth-order valence-corrected chi connectivity index (χ4v) is 0.620. The second-order valence-corrected chi connectivity index (χ2v) is 2.71. The lowest BCUT2D eigenvalue weighted by Crippen LogP contribution is -2.39. The van der Waals surface area contributed by atoms with Gasteiger partial charge in [-0.25, -0.2) is 9.13 Å². The third kappa shape index (κ3) is 4.67. The molecule has 15 heavy (non-hydrogen) atoms. The monoisotopic (exact) mass is 240 g/mol. The topological polar surface area (TPSA) is 31.0 Å². The van der Waals surface area contributed by atoms with E-state index in [0.717, 1.165) is 0 Å². The lowest BCUT2D eigenvalue weighted by Gasteiger charge is -2.21. The summed E-state index contributed by atoms with van der Waals surface area (Å²) in [5.74, 6) is 0. The summed E-state index contributed by atoms with van der Waals surface area (Å²) in [6, 6.07) is 0. The molecule has 1 rings (SSSR count). The molecule has 3 nitrogen and oxygen atoms in total. The molecule has 1 aliphatic rings. The molecule has 0 N–H and O–H groups in total. The first-order valence-corrected chi connectivity index (χ1v) is 3.73. The molecule has 0 aromatic rings. The Morgan fingerprint density at radius 2 is 1.80 bits per heavy atom. The summed E-state index contributed by atoms with van der Waals surface area (Å²) in [6.07, 6.45) is -14.6. The van der Waals surface area contributed by atoms with Gasteiger partial charge in [-0.1, -0.05) is 0 Å². The van der Waals surface area contributed by atoms with E-state index in [1.54, 1.807) is 0 Å². The summed E-state index contributed by atoms with van der Waals surface area (Å²) >= 11 is 0. The minimum Gasteiger partial charge on any atom is -0.371 e. The van der Waals surface area contributed by atoms with Crippen molar-refractivity contribution in [1.29, 1.82) is 0 Å². The number of epoxide rings is 1. The van der Waals surface area contributed by atoms with Gasteiger partial charge >= 0.3 is 12.5 Å². The Morgan fingerprint density at radius 1 is 1.27 bits per heavy atom. The number of rotatable bonds is 5. The standard InChI is InChI=1S/C6H6F6O3/c7-4(15-6(10,11)12)5(8,9)14-2-3-1-13-3/h3-4H,1-2H2. The van der Waals surface area contributed by atoms with Gasteiger partial charge in [0.15, 0.2) is 0 Å². The van der Waals surface area contributed by atoms with Gasteiger partial charge in [-0.3, -0.25) is 0 Å². The summed E-state index contributed by atoms with van der Waals surface area (Å²) in [5.41, 5.74) is 0. The maximum absolute atomic E-state index is 12.5. The predicted molar refractivity (Wildman–Crippen MR) is 32.7 cm³/mol. The maximum Gasteiger partial charge on any atom is 0.525 e. The molecule has 1 fully saturated rings. The van der Waals surface area contributed by atoms with Crippen molar-refractivity contribution in [3.05, 3.63) is 0 Å². The Morgan fingerprint density at radius 3 is 2.20 bits per heavy atom. The molecule has 9 heteroatoms. The average Bonchev–Trinajstić information content (AvgIpc) is 2.80. The molecule has 1 heterocycles. The van der Waals surface area contributed by atoms with Crippen LogP contribution in [0.3, 0.4) is 0 Å². The zero-order valence-electron chi connectivity index (χ0n) is 7.06. The van der Waals surface area contributed by atoms with E-state index in [1.807, 2.05) is 0 Å². The highest BCUT2D eigenvalue weighted by Crippen LogP contribution is 2.30. The Labute approximate surface area is 79.9 Å². The first-order valence-electron chi connectivity index (χ1n) is 3.73. The van der Waals surface area contributed by atoms with Crippen LogP contribution in [-0.2, 0) is 14.2 Å². The van der Waals surface area contributed by atoms with Gasteiger partial charge in [0.05, 0.1) is 13.2 Å². The van der Waals surface area contributed by atoms with Gasteiger partial charge in [0.25, 0.3) is 6.36 Å². The van der Waals surface area contributed by atoms with Crippen LogP contribution in [0.4, 0.5) is 26.3 Å². The zero-order chi connectivity index (χ0) is 11.7. The molecule has 1 saturated heterocycles. The van der Waals surface area contributed by atoms with Crippen molar-refractivity contribution in [2.24, 2.45) is 0 Å². The summed E-state index contributed by atoms with van der Waals surface area (Å²) < 4.78 is 81.8. The Balaban J connectivity index is 2.36. The van der Waals surface area contributed by atoms with Gasteiger partial charge in [-0.15, -0.1) is 13.2 Å². The molecule has 0 amide bonds. The SMILES string of the molecule is FC(OC(F)(F)F)C(F)(F)OCC1CO1. The maximum atomic E-state index is 12.5. The van der Waals surface area contributed by atoms with Crippen LogP contribution in [-0.4, -0.2) is 38.1 Å². The zero-order valence-corrected chi connectivity index (χ0v) is 7.06. The van der Waals surface area contributed by atoms with Gasteiger partial charge in [0.1, 0.15) is 6.10 Å². The molecule has 0 aromatic carbocycles. The third-order valence-corrected chi connectivity index (χ3v) is 1.37. The second kappa shape index (κ2) is 4.14. The summed E-state index contributed by atoms with van der Waals surface area (Å²) in [4.78, 5) is 0. The van der Waals surface area contributed by atoms with E-state index in [9.17, 15) is 26.3 Å². The molecule has 2 unspecified atom stereocenters. The quantitative estimate of drug-likeness (QED) is 0.542. The van der Waals surface area contributed by atoms with Crippen LogP contribution in [0.2, 0.25) is 0 Å². The molecule has 0 spiro atoms. The first kappa shape index (κ1) is 12.5. The predicted octanol–water partition coefficient (Wildman–Crippen LogP) is 1.83. The van der Waals surface area contributed by atoms with E-state index in [-0.39, 0.29) is 6.61 Å². The van der Waals surface area contributed by atoms with Gasteiger partial charge < -0.3 is 9.47 Å². The molecule has 0 radical (unpaired) electrons. The van der Waals surface area contributed by atoms with E-state index >= 15 is 0 Å². The molecule has 0 aliphatic carbocycles. The van der Waals surface area contributed by atoms with Crippen molar-refractivity contribution in [2.75, 3.05) is 13.2 Å². The van der Waals surface area contributed by atoms with Crippen LogP contribution < -0.4 is 0 Å². The number of hydrogen-bond acceptors (Lipinski definition) is 3. The lowest BCUT2D eigenvalue weighted by molar-refractivity contribution is -0.423. The van der Waals surface area contributed by atoms with Crippen LogP contribution in [0.5, 0.6) is 0 Å². The first-order chi connectivity index (χ1) is 6.71. The Bertz CT molecular complexity index is 213. The normalized spacial score (nSPS) is 24.0. The Kier molecular flexibility index (Phi) is 3.46. The van der Waals surface area contributed by atoms with Crippen LogP contribution >= 0.6 is 0 Å². The number of alkyl halides is 6. The van der Waals surface area contributed by atoms with Gasteiger partial charge in [0, 0.05) is 0 Å². The molecule has 1 aliphatic heterocycles. The number of halogens is 6. The highest BCUT2D eigenvalue weighted by Gasteiger charge is 2.50. The summed E-state index contributed by atoms with van der Waals surface area (Å²) in [6.45, 7) is -0.526. The van der Waals surface area contributed by atoms with Crippen molar-refractivity contribution >= 4 is 0 Å². The van der Waals surface area contributed by atoms with Gasteiger partial charge in [-0.05, 0) is 0 Å². The molecule has 0 bridgehead atoms. The van der Waals surface area contributed by atoms with Crippen molar-refractivity contribution in [2.45, 2.75) is 24.9 Å². The minimum atomic E-state index is -5.48. The van der Waals surface area contributed by atoms with Crippen LogP contribution in [0.1, 0.15) is 0 Å². The highest BCUT2D eigenvalue weighted by molar-refractivity contribution is 4.69. The minimum absolute atomic E-state index is 0.160. The molecule has 0 saturated carbocycles. The van der Waals surface area contributed by atoms with E-state index in [1.165, 1.54) is 0 Å². The fourth-order valence-electron chi connectivity index (χ4n) is 0.620. The van der Waals surface area contributed by atoms with E-state index in [0.29, 0.717) is 0 Å². The van der Waals surface area contributed by atoms with Crippen LogP contribution in [0.25, 0.3) is 0 Å². The smallest absolute Gasteiger partial charge is 0.371 e. The fraction of sp³-hybridized carbons (Fsp3) is 1.00. The highest BCUT2D eigenvalue weighted by atomic mass is 19.4. The van der Waals surface area contributed by atoms with Crippen molar-refractivity contribution < 1.29 is 40.6 Å². The summed E-state index contributed by atoms with van der Waals surface area (Å²) in [7, 11) is 0.